The maximum Gasteiger partial charge on any atom is 0.149 e. The third-order valence-electron chi connectivity index (χ3n) is 2.92. The van der Waals surface area contributed by atoms with Crippen molar-refractivity contribution < 1.29 is 4.39 Å². The normalized spacial score (nSPS) is 14.5. The Labute approximate surface area is 91.9 Å². The molecule has 0 unspecified atom stereocenters. The van der Waals surface area contributed by atoms with Gasteiger partial charge in [-0.1, -0.05) is 23.7 Å². The third-order valence-corrected chi connectivity index (χ3v) is 3.36. The Bertz CT molecular complexity index is 551. The number of halogens is 2. The molecule has 0 aliphatic heterocycles. The first-order valence-electron chi connectivity index (χ1n) is 5.03. The average Bonchev–Trinajstić information content (AvgIpc) is 2.68. The van der Waals surface area contributed by atoms with Gasteiger partial charge in [0, 0.05) is 11.1 Å². The molecule has 1 aliphatic rings. The molecule has 0 amide bonds. The predicted molar refractivity (Wildman–Crippen MR) is 58.7 cm³/mol. The summed E-state index contributed by atoms with van der Waals surface area (Å²) in [4.78, 5) is 4.36. The molecule has 3 heteroatoms. The minimum absolute atomic E-state index is 0.288. The molecule has 0 radical (unpaired) electrons. The summed E-state index contributed by atoms with van der Waals surface area (Å²) in [5.74, 6) is -0.288. The van der Waals surface area contributed by atoms with Gasteiger partial charge in [0.15, 0.2) is 0 Å². The van der Waals surface area contributed by atoms with E-state index in [1.165, 1.54) is 6.07 Å². The van der Waals surface area contributed by atoms with Crippen LogP contribution in [0.15, 0.2) is 18.2 Å². The van der Waals surface area contributed by atoms with Crippen LogP contribution >= 0.6 is 11.6 Å². The number of aryl methyl sites for hydroxylation is 1. The summed E-state index contributed by atoms with van der Waals surface area (Å²) in [5.41, 5.74) is 2.48. The van der Waals surface area contributed by atoms with Crippen molar-refractivity contribution in [1.82, 2.24) is 4.98 Å². The Morgan fingerprint density at radius 1 is 1.27 bits per heavy atom. The van der Waals surface area contributed by atoms with E-state index in [9.17, 15) is 4.39 Å². The first-order chi connectivity index (χ1) is 7.27. The number of para-hydroxylation sites is 1. The summed E-state index contributed by atoms with van der Waals surface area (Å²) < 4.78 is 13.5. The van der Waals surface area contributed by atoms with Gasteiger partial charge in [-0.05, 0) is 30.9 Å². The first-order valence-corrected chi connectivity index (χ1v) is 5.40. The quantitative estimate of drug-likeness (QED) is 0.663. The lowest BCUT2D eigenvalue weighted by Crippen LogP contribution is -1.93. The van der Waals surface area contributed by atoms with E-state index >= 15 is 0 Å². The molecule has 1 aromatic heterocycles. The topological polar surface area (TPSA) is 12.9 Å². The summed E-state index contributed by atoms with van der Waals surface area (Å²) >= 11 is 6.25. The number of rotatable bonds is 0. The van der Waals surface area contributed by atoms with Gasteiger partial charge in [-0.2, -0.15) is 0 Å². The molecule has 1 nitrogen and oxygen atoms in total. The SMILES string of the molecule is Fc1cccc2c(Cl)c3c(nc12)CCC3. The van der Waals surface area contributed by atoms with Gasteiger partial charge in [-0.15, -0.1) is 0 Å². The molecule has 2 aromatic rings. The summed E-state index contributed by atoms with van der Waals surface area (Å²) in [5, 5.41) is 1.42. The van der Waals surface area contributed by atoms with Crippen LogP contribution in [0.4, 0.5) is 4.39 Å². The lowest BCUT2D eigenvalue weighted by atomic mass is 10.1. The van der Waals surface area contributed by atoms with Gasteiger partial charge in [0.05, 0.1) is 5.02 Å². The van der Waals surface area contributed by atoms with Gasteiger partial charge in [0.1, 0.15) is 11.3 Å². The maximum atomic E-state index is 13.5. The second-order valence-corrected chi connectivity index (χ2v) is 4.22. The van der Waals surface area contributed by atoms with Crippen LogP contribution in [0.25, 0.3) is 10.9 Å². The number of benzene rings is 1. The zero-order chi connectivity index (χ0) is 10.4. The van der Waals surface area contributed by atoms with Crippen LogP contribution < -0.4 is 0 Å². The molecule has 0 N–H and O–H groups in total. The smallest absolute Gasteiger partial charge is 0.149 e. The second-order valence-electron chi connectivity index (χ2n) is 3.84. The summed E-state index contributed by atoms with van der Waals surface area (Å²) in [7, 11) is 0. The van der Waals surface area contributed by atoms with Gasteiger partial charge in [0.25, 0.3) is 0 Å². The lowest BCUT2D eigenvalue weighted by Gasteiger charge is -2.06. The van der Waals surface area contributed by atoms with Gasteiger partial charge >= 0.3 is 0 Å². The van der Waals surface area contributed by atoms with Crippen LogP contribution in [-0.2, 0) is 12.8 Å². The van der Waals surface area contributed by atoms with E-state index in [-0.39, 0.29) is 5.82 Å². The second kappa shape index (κ2) is 3.17. The Balaban J connectivity index is 2.46. The Morgan fingerprint density at radius 2 is 2.13 bits per heavy atom. The number of nitrogens with zero attached hydrogens (tertiary/aromatic N) is 1. The van der Waals surface area contributed by atoms with E-state index in [1.807, 2.05) is 6.07 Å². The van der Waals surface area contributed by atoms with E-state index in [0.717, 1.165) is 35.9 Å². The van der Waals surface area contributed by atoms with Crippen molar-refractivity contribution in [2.75, 3.05) is 0 Å². The molecule has 0 saturated heterocycles. The highest BCUT2D eigenvalue weighted by Crippen LogP contribution is 2.34. The fourth-order valence-electron chi connectivity index (χ4n) is 2.19. The van der Waals surface area contributed by atoms with E-state index in [2.05, 4.69) is 4.98 Å². The van der Waals surface area contributed by atoms with Crippen molar-refractivity contribution in [3.63, 3.8) is 0 Å². The molecule has 1 aromatic carbocycles. The molecule has 1 heterocycles. The zero-order valence-electron chi connectivity index (χ0n) is 8.06. The van der Waals surface area contributed by atoms with Gasteiger partial charge in [0.2, 0.25) is 0 Å². The summed E-state index contributed by atoms with van der Waals surface area (Å²) in [6.07, 6.45) is 2.95. The zero-order valence-corrected chi connectivity index (χ0v) is 8.81. The Morgan fingerprint density at radius 3 is 3.00 bits per heavy atom. The Kier molecular flexibility index (Phi) is 1.93. The number of fused-ring (bicyclic) bond motifs is 2. The van der Waals surface area contributed by atoms with Crippen LogP contribution in [0, 0.1) is 5.82 Å². The summed E-state index contributed by atoms with van der Waals surface area (Å²) in [6.45, 7) is 0. The van der Waals surface area contributed by atoms with Crippen molar-refractivity contribution in [2.45, 2.75) is 19.3 Å². The standard InChI is InChI=1S/C12H9ClFN/c13-11-7-3-2-6-10(7)15-12-8(11)4-1-5-9(12)14/h1,4-5H,2-3,6H2. The molecule has 0 saturated carbocycles. The largest absolute Gasteiger partial charge is 0.249 e. The van der Waals surface area contributed by atoms with Crippen LogP contribution in [-0.4, -0.2) is 4.98 Å². The minimum atomic E-state index is -0.288. The van der Waals surface area contributed by atoms with E-state index in [1.54, 1.807) is 6.07 Å². The minimum Gasteiger partial charge on any atom is -0.249 e. The fourth-order valence-corrected chi connectivity index (χ4v) is 2.55. The number of hydrogen-bond donors (Lipinski definition) is 0. The van der Waals surface area contributed by atoms with Crippen molar-refractivity contribution in [2.24, 2.45) is 0 Å². The van der Waals surface area contributed by atoms with Crippen LogP contribution in [0.5, 0.6) is 0 Å². The Hall–Kier alpha value is -1.15. The van der Waals surface area contributed by atoms with Crippen molar-refractivity contribution in [1.29, 1.82) is 0 Å². The van der Waals surface area contributed by atoms with Crippen molar-refractivity contribution >= 4 is 22.5 Å². The number of pyridine rings is 1. The van der Waals surface area contributed by atoms with Crippen molar-refractivity contribution in [3.05, 3.63) is 40.3 Å². The highest BCUT2D eigenvalue weighted by molar-refractivity contribution is 6.36. The molecule has 0 fully saturated rings. The van der Waals surface area contributed by atoms with Gasteiger partial charge < -0.3 is 0 Å². The number of aromatic nitrogens is 1. The highest BCUT2D eigenvalue weighted by Gasteiger charge is 2.19. The summed E-state index contributed by atoms with van der Waals surface area (Å²) in [6, 6.07) is 4.92. The van der Waals surface area contributed by atoms with E-state index in [4.69, 9.17) is 11.6 Å². The highest BCUT2D eigenvalue weighted by atomic mass is 35.5. The molecule has 0 atom stereocenters. The third kappa shape index (κ3) is 1.25. The first kappa shape index (κ1) is 9.10. The van der Waals surface area contributed by atoms with Crippen LogP contribution in [0.1, 0.15) is 17.7 Å². The molecule has 0 spiro atoms. The molecule has 1 aliphatic carbocycles. The molecule has 0 bridgehead atoms. The molecule has 15 heavy (non-hydrogen) atoms. The van der Waals surface area contributed by atoms with Crippen LogP contribution in [0.3, 0.4) is 0 Å². The molecule has 76 valence electrons. The van der Waals surface area contributed by atoms with Crippen LogP contribution in [0.2, 0.25) is 5.02 Å². The molecular formula is C12H9ClFN. The molecular weight excluding hydrogens is 213 g/mol. The van der Waals surface area contributed by atoms with Gasteiger partial charge in [-0.3, -0.25) is 0 Å². The van der Waals surface area contributed by atoms with Gasteiger partial charge in [-0.25, -0.2) is 9.37 Å². The lowest BCUT2D eigenvalue weighted by molar-refractivity contribution is 0.636. The molecule has 3 rings (SSSR count). The fraction of sp³-hybridized carbons (Fsp3) is 0.250. The van der Waals surface area contributed by atoms with E-state index in [0.29, 0.717) is 10.5 Å². The maximum absolute atomic E-state index is 13.5. The predicted octanol–water partition coefficient (Wildman–Crippen LogP) is 3.52. The van der Waals surface area contributed by atoms with E-state index < -0.39 is 0 Å². The number of hydrogen-bond acceptors (Lipinski definition) is 1. The monoisotopic (exact) mass is 221 g/mol. The average molecular weight is 222 g/mol. The van der Waals surface area contributed by atoms with Crippen molar-refractivity contribution in [3.8, 4) is 0 Å².